The number of hydrogen-bond acceptors (Lipinski definition) is 4. The first-order valence-electron chi connectivity index (χ1n) is 3.89. The Bertz CT molecular complexity index is 356. The number of carbonyl (C=O) groups is 1. The van der Waals surface area contributed by atoms with Crippen LogP contribution in [0.25, 0.3) is 6.08 Å². The van der Waals surface area contributed by atoms with Gasteiger partial charge in [-0.15, -0.1) is 0 Å². The van der Waals surface area contributed by atoms with Crippen molar-refractivity contribution >= 4 is 12.0 Å². The maximum Gasteiger partial charge on any atom is 1.00 e. The molecule has 0 radical (unpaired) electrons. The summed E-state index contributed by atoms with van der Waals surface area (Å²) in [6.07, 6.45) is 1.31. The Morgan fingerprint density at radius 2 is 1.93 bits per heavy atom. The van der Waals surface area contributed by atoms with Gasteiger partial charge >= 0.3 is 18.9 Å². The molecular weight excluding hydrogens is 191 g/mol. The SMILES string of the molecule is COC(=Cc1ccc(O)cc1)C(=O)[O-].[Li+]. The maximum absolute atomic E-state index is 10.4. The van der Waals surface area contributed by atoms with Gasteiger partial charge in [0.15, 0.2) is 0 Å². The Morgan fingerprint density at radius 1 is 1.40 bits per heavy atom. The summed E-state index contributed by atoms with van der Waals surface area (Å²) < 4.78 is 4.58. The van der Waals surface area contributed by atoms with E-state index in [0.29, 0.717) is 5.56 Å². The van der Waals surface area contributed by atoms with Crippen LogP contribution >= 0.6 is 0 Å². The number of carboxylic acid groups (broad SMARTS) is 1. The van der Waals surface area contributed by atoms with Crippen LogP contribution in [0.5, 0.6) is 5.75 Å². The summed E-state index contributed by atoms with van der Waals surface area (Å²) in [5.74, 6) is -1.51. The summed E-state index contributed by atoms with van der Waals surface area (Å²) in [6.45, 7) is 0. The predicted molar refractivity (Wildman–Crippen MR) is 48.1 cm³/mol. The number of phenols is 1. The van der Waals surface area contributed by atoms with Crippen molar-refractivity contribution in [2.45, 2.75) is 0 Å². The number of hydrogen-bond donors (Lipinski definition) is 1. The number of aromatic hydroxyl groups is 1. The number of rotatable bonds is 3. The molecule has 1 aromatic rings. The van der Waals surface area contributed by atoms with Gasteiger partial charge in [-0.3, -0.25) is 0 Å². The van der Waals surface area contributed by atoms with Crippen molar-refractivity contribution in [1.82, 2.24) is 0 Å². The minimum absolute atomic E-state index is 0. The van der Waals surface area contributed by atoms with Gasteiger partial charge in [0.1, 0.15) is 17.5 Å². The molecule has 0 fully saturated rings. The van der Waals surface area contributed by atoms with E-state index in [1.807, 2.05) is 0 Å². The molecule has 1 aromatic carbocycles. The van der Waals surface area contributed by atoms with Crippen molar-refractivity contribution in [2.75, 3.05) is 7.11 Å². The Labute approximate surface area is 99.4 Å². The third-order valence-corrected chi connectivity index (χ3v) is 1.61. The Morgan fingerprint density at radius 3 is 2.33 bits per heavy atom. The minimum atomic E-state index is -1.37. The van der Waals surface area contributed by atoms with Gasteiger partial charge in [-0.2, -0.15) is 0 Å². The van der Waals surface area contributed by atoms with E-state index in [1.165, 1.54) is 25.3 Å². The van der Waals surface area contributed by atoms with Gasteiger partial charge < -0.3 is 19.7 Å². The van der Waals surface area contributed by atoms with Crippen molar-refractivity contribution in [1.29, 1.82) is 0 Å². The van der Waals surface area contributed by atoms with Gasteiger partial charge in [-0.05, 0) is 23.8 Å². The molecule has 74 valence electrons. The number of methoxy groups -OCH3 is 1. The predicted octanol–water partition coefficient (Wildman–Crippen LogP) is -2.87. The first-order valence-corrected chi connectivity index (χ1v) is 3.89. The number of carbonyl (C=O) groups excluding carboxylic acids is 1. The quantitative estimate of drug-likeness (QED) is 0.323. The van der Waals surface area contributed by atoms with Crippen LogP contribution in [0, 0.1) is 0 Å². The number of ether oxygens (including phenoxy) is 1. The van der Waals surface area contributed by atoms with Gasteiger partial charge in [0, 0.05) is 0 Å². The van der Waals surface area contributed by atoms with Crippen molar-refractivity contribution in [3.63, 3.8) is 0 Å². The molecule has 1 N–H and O–H groups in total. The summed E-state index contributed by atoms with van der Waals surface area (Å²) in [6, 6.07) is 6.04. The first kappa shape index (κ1) is 13.6. The van der Waals surface area contributed by atoms with E-state index in [4.69, 9.17) is 5.11 Å². The van der Waals surface area contributed by atoms with Crippen molar-refractivity contribution < 1.29 is 38.6 Å². The molecule has 0 bridgehead atoms. The van der Waals surface area contributed by atoms with E-state index < -0.39 is 5.97 Å². The second kappa shape index (κ2) is 6.17. The molecule has 0 amide bonds. The molecule has 0 atom stereocenters. The third kappa shape index (κ3) is 4.11. The molecule has 1 rings (SSSR count). The molecule has 5 heteroatoms. The van der Waals surface area contributed by atoms with Crippen LogP contribution in [0.4, 0.5) is 0 Å². The van der Waals surface area contributed by atoms with Gasteiger partial charge in [0.25, 0.3) is 0 Å². The zero-order valence-corrected chi connectivity index (χ0v) is 8.56. The van der Waals surface area contributed by atoms with Crippen molar-refractivity contribution in [2.24, 2.45) is 0 Å². The average Bonchev–Trinajstić information content (AvgIpc) is 2.16. The number of benzene rings is 1. The fourth-order valence-corrected chi connectivity index (χ4v) is 0.923. The van der Waals surface area contributed by atoms with E-state index in [9.17, 15) is 9.90 Å². The smallest absolute Gasteiger partial charge is 0.542 e. The van der Waals surface area contributed by atoms with Crippen LogP contribution in [0.15, 0.2) is 30.0 Å². The van der Waals surface area contributed by atoms with Crippen LogP contribution in [-0.2, 0) is 9.53 Å². The molecule has 0 aliphatic rings. The van der Waals surface area contributed by atoms with E-state index >= 15 is 0 Å². The molecule has 4 nitrogen and oxygen atoms in total. The largest absolute Gasteiger partial charge is 1.00 e. The molecule has 0 saturated heterocycles. The van der Waals surface area contributed by atoms with Crippen molar-refractivity contribution in [3.8, 4) is 5.75 Å². The van der Waals surface area contributed by atoms with E-state index in [1.54, 1.807) is 12.1 Å². The van der Waals surface area contributed by atoms with Gasteiger partial charge in [0.2, 0.25) is 0 Å². The summed E-state index contributed by atoms with van der Waals surface area (Å²) in [7, 11) is 1.25. The number of phenolic OH excluding ortho intramolecular Hbond substituents is 1. The molecule has 0 unspecified atom stereocenters. The Balaban J connectivity index is 0.00000196. The maximum atomic E-state index is 10.4. The van der Waals surface area contributed by atoms with Gasteiger partial charge in [0.05, 0.1) is 7.11 Å². The summed E-state index contributed by atoms with van der Waals surface area (Å²) in [5.41, 5.74) is 0.615. The van der Waals surface area contributed by atoms with Crippen LogP contribution in [0.3, 0.4) is 0 Å². The molecule has 0 aromatic heterocycles. The van der Waals surface area contributed by atoms with E-state index in [-0.39, 0.29) is 30.4 Å². The minimum Gasteiger partial charge on any atom is -0.542 e. The summed E-state index contributed by atoms with van der Waals surface area (Å²) in [5, 5.41) is 19.4. The molecule has 0 saturated carbocycles. The Kier molecular flexibility index (Phi) is 5.61. The van der Waals surface area contributed by atoms with E-state index in [2.05, 4.69) is 4.74 Å². The molecule has 0 heterocycles. The van der Waals surface area contributed by atoms with Crippen LogP contribution < -0.4 is 24.0 Å². The second-order valence-corrected chi connectivity index (χ2v) is 2.59. The standard InChI is InChI=1S/C10H10O4.Li/c1-14-9(10(12)13)6-7-2-4-8(11)5-3-7;/h2-6,11H,1H3,(H,12,13);/q;+1/p-1. The molecular formula is C10H9LiO4. The van der Waals surface area contributed by atoms with Crippen LogP contribution in [0.2, 0.25) is 0 Å². The molecule has 0 aliphatic heterocycles. The Hall–Kier alpha value is -1.37. The second-order valence-electron chi connectivity index (χ2n) is 2.59. The van der Waals surface area contributed by atoms with Gasteiger partial charge in [-0.1, -0.05) is 12.1 Å². The fourth-order valence-electron chi connectivity index (χ4n) is 0.923. The molecule has 0 aliphatic carbocycles. The molecule has 0 spiro atoms. The normalized spacial score (nSPS) is 10.3. The summed E-state index contributed by atoms with van der Waals surface area (Å²) >= 11 is 0. The van der Waals surface area contributed by atoms with Crippen molar-refractivity contribution in [3.05, 3.63) is 35.6 Å². The third-order valence-electron chi connectivity index (χ3n) is 1.61. The first-order chi connectivity index (χ1) is 6.63. The van der Waals surface area contributed by atoms with Gasteiger partial charge in [-0.25, -0.2) is 0 Å². The van der Waals surface area contributed by atoms with Crippen LogP contribution in [0.1, 0.15) is 5.56 Å². The monoisotopic (exact) mass is 200 g/mol. The average molecular weight is 200 g/mol. The topological polar surface area (TPSA) is 69.6 Å². The molecule has 15 heavy (non-hydrogen) atoms. The zero-order valence-electron chi connectivity index (χ0n) is 8.56. The van der Waals surface area contributed by atoms with Crippen LogP contribution in [-0.4, -0.2) is 18.2 Å². The zero-order chi connectivity index (χ0) is 10.6. The fraction of sp³-hybridized carbons (Fsp3) is 0.100. The van der Waals surface area contributed by atoms with E-state index in [0.717, 1.165) is 0 Å². The number of aliphatic carboxylic acids is 1. The number of carboxylic acids is 1. The summed E-state index contributed by atoms with van der Waals surface area (Å²) in [4.78, 5) is 10.4.